The van der Waals surface area contributed by atoms with Crippen molar-refractivity contribution < 1.29 is 5.11 Å². The second-order valence-corrected chi connectivity index (χ2v) is 6.14. The van der Waals surface area contributed by atoms with Crippen molar-refractivity contribution in [2.24, 2.45) is 5.92 Å². The highest BCUT2D eigenvalue weighted by atomic mass is 16.3. The predicted molar refractivity (Wildman–Crippen MR) is 80.3 cm³/mol. The predicted octanol–water partition coefficient (Wildman–Crippen LogP) is 3.46. The molecule has 2 nitrogen and oxygen atoms in total. The summed E-state index contributed by atoms with van der Waals surface area (Å²) in [6, 6.07) is 6.38. The van der Waals surface area contributed by atoms with Crippen molar-refractivity contribution in [3.8, 4) is 0 Å². The Morgan fingerprint density at radius 1 is 1.21 bits per heavy atom. The molecule has 1 aliphatic carbocycles. The van der Waals surface area contributed by atoms with Crippen LogP contribution in [0.1, 0.15) is 49.0 Å². The highest BCUT2D eigenvalue weighted by molar-refractivity contribution is 5.30. The summed E-state index contributed by atoms with van der Waals surface area (Å²) < 4.78 is 0. The highest BCUT2D eigenvalue weighted by Gasteiger charge is 2.25. The molecule has 19 heavy (non-hydrogen) atoms. The van der Waals surface area contributed by atoms with Gasteiger partial charge in [0.1, 0.15) is 0 Å². The van der Waals surface area contributed by atoms with Gasteiger partial charge in [-0.05, 0) is 51.1 Å². The molecule has 1 aromatic carbocycles. The van der Waals surface area contributed by atoms with Crippen LogP contribution in [-0.2, 0) is 0 Å². The summed E-state index contributed by atoms with van der Waals surface area (Å²) >= 11 is 0. The molecule has 2 heteroatoms. The molecule has 106 valence electrons. The van der Waals surface area contributed by atoms with E-state index in [0.29, 0.717) is 0 Å². The lowest BCUT2D eigenvalue weighted by Crippen LogP contribution is -2.31. The van der Waals surface area contributed by atoms with Crippen LogP contribution in [0, 0.1) is 19.8 Å². The summed E-state index contributed by atoms with van der Waals surface area (Å²) in [4.78, 5) is 2.43. The van der Waals surface area contributed by atoms with Crippen LogP contribution >= 0.6 is 0 Å². The average molecular weight is 261 g/mol. The van der Waals surface area contributed by atoms with Gasteiger partial charge in [-0.15, -0.1) is 0 Å². The topological polar surface area (TPSA) is 23.5 Å². The minimum absolute atomic E-state index is 0.358. The first kappa shape index (κ1) is 14.5. The standard InChI is InChI=1S/C17H27NO/c1-4-7-18(11-15-5-6-15)12-17(19)16-9-13(2)8-14(3)10-16/h8-10,15,17,19H,4-7,11-12H2,1-3H3. The maximum atomic E-state index is 10.5. The van der Waals surface area contributed by atoms with Gasteiger partial charge in [-0.1, -0.05) is 36.2 Å². The van der Waals surface area contributed by atoms with Gasteiger partial charge in [0, 0.05) is 13.1 Å². The molecule has 0 aliphatic heterocycles. The van der Waals surface area contributed by atoms with Gasteiger partial charge in [0.15, 0.2) is 0 Å². The van der Waals surface area contributed by atoms with Crippen molar-refractivity contribution in [2.45, 2.75) is 46.1 Å². The zero-order valence-corrected chi connectivity index (χ0v) is 12.5. The first-order chi connectivity index (χ1) is 9.08. The van der Waals surface area contributed by atoms with Gasteiger partial charge in [-0.2, -0.15) is 0 Å². The first-order valence-corrected chi connectivity index (χ1v) is 7.57. The molecule has 0 amide bonds. The highest BCUT2D eigenvalue weighted by Crippen LogP contribution is 2.30. The van der Waals surface area contributed by atoms with Crippen LogP contribution in [-0.4, -0.2) is 29.6 Å². The second-order valence-electron chi connectivity index (χ2n) is 6.14. The van der Waals surface area contributed by atoms with Gasteiger partial charge in [0.25, 0.3) is 0 Å². The van der Waals surface area contributed by atoms with E-state index in [9.17, 15) is 5.11 Å². The molecule has 0 aromatic heterocycles. The molecule has 1 unspecified atom stereocenters. The molecule has 1 aliphatic rings. The Hall–Kier alpha value is -0.860. The van der Waals surface area contributed by atoms with E-state index in [0.717, 1.165) is 37.5 Å². The number of aliphatic hydroxyl groups is 1. The number of hydrogen-bond donors (Lipinski definition) is 1. The third-order valence-corrected chi connectivity index (χ3v) is 3.81. The fraction of sp³-hybridized carbons (Fsp3) is 0.647. The largest absolute Gasteiger partial charge is 0.387 e. The molecule has 1 saturated carbocycles. The summed E-state index contributed by atoms with van der Waals surface area (Å²) in [5, 5.41) is 10.5. The van der Waals surface area contributed by atoms with Crippen LogP contribution < -0.4 is 0 Å². The van der Waals surface area contributed by atoms with Crippen molar-refractivity contribution >= 4 is 0 Å². The van der Waals surface area contributed by atoms with E-state index < -0.39 is 0 Å². The number of rotatable bonds is 7. The Bertz CT molecular complexity index is 391. The lowest BCUT2D eigenvalue weighted by molar-refractivity contribution is 0.110. The fourth-order valence-electron chi connectivity index (χ4n) is 2.79. The van der Waals surface area contributed by atoms with E-state index >= 15 is 0 Å². The maximum absolute atomic E-state index is 10.5. The average Bonchev–Trinajstić information content (AvgIpc) is 3.11. The van der Waals surface area contributed by atoms with Gasteiger partial charge in [0.2, 0.25) is 0 Å². The normalized spacial score (nSPS) is 16.9. The van der Waals surface area contributed by atoms with Crippen LogP contribution in [0.15, 0.2) is 18.2 Å². The third-order valence-electron chi connectivity index (χ3n) is 3.81. The number of hydrogen-bond acceptors (Lipinski definition) is 2. The van der Waals surface area contributed by atoms with Crippen molar-refractivity contribution in [3.05, 3.63) is 34.9 Å². The molecule has 1 atom stereocenters. The minimum atomic E-state index is -0.358. The first-order valence-electron chi connectivity index (χ1n) is 7.57. The van der Waals surface area contributed by atoms with E-state index in [-0.39, 0.29) is 6.10 Å². The molecule has 0 saturated heterocycles. The Morgan fingerprint density at radius 2 is 1.84 bits per heavy atom. The molecule has 0 spiro atoms. The van der Waals surface area contributed by atoms with E-state index in [2.05, 4.69) is 43.9 Å². The lowest BCUT2D eigenvalue weighted by Gasteiger charge is -2.25. The van der Waals surface area contributed by atoms with Crippen molar-refractivity contribution in [2.75, 3.05) is 19.6 Å². The van der Waals surface area contributed by atoms with Crippen LogP contribution in [0.5, 0.6) is 0 Å². The molecule has 2 rings (SSSR count). The van der Waals surface area contributed by atoms with Gasteiger partial charge in [0.05, 0.1) is 6.10 Å². The summed E-state index contributed by atoms with van der Waals surface area (Å²) in [6.45, 7) is 9.43. The number of nitrogens with zero attached hydrogens (tertiary/aromatic N) is 1. The Labute approximate surface area is 117 Å². The monoisotopic (exact) mass is 261 g/mol. The molecular weight excluding hydrogens is 234 g/mol. The summed E-state index contributed by atoms with van der Waals surface area (Å²) in [7, 11) is 0. The van der Waals surface area contributed by atoms with E-state index in [1.54, 1.807) is 0 Å². The van der Waals surface area contributed by atoms with Crippen LogP contribution in [0.2, 0.25) is 0 Å². The molecule has 1 fully saturated rings. The molecule has 1 N–H and O–H groups in total. The van der Waals surface area contributed by atoms with E-state index in [1.807, 2.05) is 0 Å². The van der Waals surface area contributed by atoms with Crippen molar-refractivity contribution in [1.29, 1.82) is 0 Å². The van der Waals surface area contributed by atoms with Crippen LogP contribution in [0.25, 0.3) is 0 Å². The van der Waals surface area contributed by atoms with Gasteiger partial charge in [-0.25, -0.2) is 0 Å². The summed E-state index contributed by atoms with van der Waals surface area (Å²) in [5.41, 5.74) is 3.53. The number of aryl methyl sites for hydroxylation is 2. The van der Waals surface area contributed by atoms with Gasteiger partial charge in [-0.3, -0.25) is 0 Å². The quantitative estimate of drug-likeness (QED) is 0.812. The molecule has 0 heterocycles. The Kier molecular flexibility index (Phi) is 5.00. The van der Waals surface area contributed by atoms with Gasteiger partial charge >= 0.3 is 0 Å². The molecular formula is C17H27NO. The smallest absolute Gasteiger partial charge is 0.0917 e. The van der Waals surface area contributed by atoms with Crippen LogP contribution in [0.4, 0.5) is 0 Å². The Balaban J connectivity index is 1.98. The summed E-state index contributed by atoms with van der Waals surface area (Å²) in [5.74, 6) is 0.887. The van der Waals surface area contributed by atoms with Crippen molar-refractivity contribution in [1.82, 2.24) is 4.90 Å². The SMILES string of the molecule is CCCN(CC1CC1)CC(O)c1cc(C)cc(C)c1. The van der Waals surface area contributed by atoms with E-state index in [1.165, 1.54) is 24.0 Å². The fourth-order valence-corrected chi connectivity index (χ4v) is 2.79. The summed E-state index contributed by atoms with van der Waals surface area (Å²) in [6.07, 6.45) is 3.55. The molecule has 0 bridgehead atoms. The second kappa shape index (κ2) is 6.53. The Morgan fingerprint density at radius 3 is 2.37 bits per heavy atom. The zero-order chi connectivity index (χ0) is 13.8. The minimum Gasteiger partial charge on any atom is -0.387 e. The molecule has 0 radical (unpaired) electrons. The van der Waals surface area contributed by atoms with Crippen LogP contribution in [0.3, 0.4) is 0 Å². The molecule has 1 aromatic rings. The van der Waals surface area contributed by atoms with Gasteiger partial charge < -0.3 is 10.0 Å². The number of aliphatic hydroxyl groups excluding tert-OH is 1. The van der Waals surface area contributed by atoms with E-state index in [4.69, 9.17) is 0 Å². The number of benzene rings is 1. The lowest BCUT2D eigenvalue weighted by atomic mass is 10.0. The van der Waals surface area contributed by atoms with Crippen molar-refractivity contribution in [3.63, 3.8) is 0 Å². The maximum Gasteiger partial charge on any atom is 0.0917 e. The third kappa shape index (κ3) is 4.63. The zero-order valence-electron chi connectivity index (χ0n) is 12.5.